The minimum Gasteiger partial charge on any atom is -0.481 e. The van der Waals surface area contributed by atoms with Crippen LogP contribution < -0.4 is 5.32 Å². The lowest BCUT2D eigenvalue weighted by molar-refractivity contribution is -0.141. The molecule has 1 heterocycles. The van der Waals surface area contributed by atoms with Crippen molar-refractivity contribution in [1.29, 1.82) is 0 Å². The maximum absolute atomic E-state index is 12.1. The van der Waals surface area contributed by atoms with Crippen molar-refractivity contribution in [2.45, 2.75) is 19.4 Å². The molecule has 1 aliphatic rings. The number of para-hydroxylation sites is 1. The molecular weight excluding hydrogens is 244 g/mol. The van der Waals surface area contributed by atoms with Crippen LogP contribution in [-0.4, -0.2) is 41.0 Å². The molecule has 1 aromatic carbocycles. The lowest BCUT2D eigenvalue weighted by Gasteiger charge is -2.23. The van der Waals surface area contributed by atoms with Gasteiger partial charge in [-0.05, 0) is 32.0 Å². The summed E-state index contributed by atoms with van der Waals surface area (Å²) in [4.78, 5) is 24.9. The lowest BCUT2D eigenvalue weighted by Crippen LogP contribution is -2.41. The van der Waals surface area contributed by atoms with Crippen LogP contribution in [0.4, 0.5) is 5.69 Å². The van der Waals surface area contributed by atoms with Gasteiger partial charge in [0, 0.05) is 12.2 Å². The minimum absolute atomic E-state index is 0.0998. The molecule has 5 nitrogen and oxygen atoms in total. The normalized spacial score (nSPS) is 21.0. The number of carbonyl (C=O) groups is 2. The Balaban J connectivity index is 1.91. The molecule has 1 fully saturated rings. The number of amides is 1. The first-order valence-corrected chi connectivity index (χ1v) is 6.40. The van der Waals surface area contributed by atoms with Gasteiger partial charge < -0.3 is 10.4 Å². The van der Waals surface area contributed by atoms with E-state index < -0.39 is 5.97 Å². The van der Waals surface area contributed by atoms with Gasteiger partial charge in [-0.25, -0.2) is 0 Å². The van der Waals surface area contributed by atoms with Crippen LogP contribution in [0.2, 0.25) is 0 Å². The van der Waals surface area contributed by atoms with E-state index in [1.54, 1.807) is 0 Å². The van der Waals surface area contributed by atoms with Crippen LogP contribution in [0.3, 0.4) is 0 Å². The van der Waals surface area contributed by atoms with Crippen LogP contribution in [0.1, 0.15) is 13.3 Å². The highest BCUT2D eigenvalue weighted by Crippen LogP contribution is 2.19. The maximum Gasteiger partial charge on any atom is 0.307 e. The van der Waals surface area contributed by atoms with Crippen molar-refractivity contribution < 1.29 is 14.7 Å². The first-order valence-electron chi connectivity index (χ1n) is 6.40. The van der Waals surface area contributed by atoms with Gasteiger partial charge in [-0.15, -0.1) is 0 Å². The Kier molecular flexibility index (Phi) is 4.16. The van der Waals surface area contributed by atoms with Crippen molar-refractivity contribution in [2.75, 3.05) is 18.4 Å². The monoisotopic (exact) mass is 262 g/mol. The zero-order chi connectivity index (χ0) is 13.8. The van der Waals surface area contributed by atoms with Crippen molar-refractivity contribution in [2.24, 2.45) is 5.92 Å². The molecule has 0 aliphatic carbocycles. The molecule has 5 heteroatoms. The molecule has 2 atom stereocenters. The average Bonchev–Trinajstić information content (AvgIpc) is 2.88. The molecule has 0 radical (unpaired) electrons. The highest BCUT2D eigenvalue weighted by Gasteiger charge is 2.33. The van der Waals surface area contributed by atoms with Crippen molar-refractivity contribution in [3.8, 4) is 0 Å². The third kappa shape index (κ3) is 3.32. The van der Waals surface area contributed by atoms with Gasteiger partial charge in [-0.3, -0.25) is 14.5 Å². The maximum atomic E-state index is 12.1. The van der Waals surface area contributed by atoms with Gasteiger partial charge in [0.25, 0.3) is 0 Å². The first-order chi connectivity index (χ1) is 9.08. The molecule has 0 aromatic heterocycles. The summed E-state index contributed by atoms with van der Waals surface area (Å²) in [7, 11) is 0. The standard InChI is InChI=1S/C14H18N2O3/c1-10(16-8-7-11(9-16)14(18)19)13(17)15-12-5-3-2-4-6-12/h2-6,10-11H,7-9H2,1H3,(H,15,17)(H,18,19). The summed E-state index contributed by atoms with van der Waals surface area (Å²) >= 11 is 0. The van der Waals surface area contributed by atoms with Crippen LogP contribution >= 0.6 is 0 Å². The number of rotatable bonds is 4. The fourth-order valence-corrected chi connectivity index (χ4v) is 2.27. The molecule has 2 rings (SSSR count). The number of hydrogen-bond acceptors (Lipinski definition) is 3. The minimum atomic E-state index is -0.779. The van der Waals surface area contributed by atoms with Crippen molar-refractivity contribution in [3.63, 3.8) is 0 Å². The molecule has 0 bridgehead atoms. The fourth-order valence-electron chi connectivity index (χ4n) is 2.27. The Hall–Kier alpha value is -1.88. The van der Waals surface area contributed by atoms with E-state index in [2.05, 4.69) is 5.32 Å². The Bertz CT molecular complexity index is 461. The van der Waals surface area contributed by atoms with Crippen LogP contribution in [-0.2, 0) is 9.59 Å². The summed E-state index contributed by atoms with van der Waals surface area (Å²) in [5, 5.41) is 11.8. The van der Waals surface area contributed by atoms with E-state index in [9.17, 15) is 9.59 Å². The molecule has 0 saturated carbocycles. The molecule has 1 aromatic rings. The van der Waals surface area contributed by atoms with Crippen LogP contribution in [0, 0.1) is 5.92 Å². The molecule has 2 unspecified atom stereocenters. The van der Waals surface area contributed by atoms with E-state index in [1.165, 1.54) is 0 Å². The van der Waals surface area contributed by atoms with Crippen molar-refractivity contribution in [3.05, 3.63) is 30.3 Å². The first kappa shape index (κ1) is 13.5. The number of likely N-dealkylation sites (tertiary alicyclic amines) is 1. The number of benzene rings is 1. The quantitative estimate of drug-likeness (QED) is 0.861. The molecule has 102 valence electrons. The number of carboxylic acid groups (broad SMARTS) is 1. The Labute approximate surface area is 112 Å². The third-order valence-corrected chi connectivity index (χ3v) is 3.54. The zero-order valence-corrected chi connectivity index (χ0v) is 10.9. The fraction of sp³-hybridized carbons (Fsp3) is 0.429. The summed E-state index contributed by atoms with van der Waals surface area (Å²) in [6, 6.07) is 8.94. The largest absolute Gasteiger partial charge is 0.481 e. The highest BCUT2D eigenvalue weighted by molar-refractivity contribution is 5.94. The topological polar surface area (TPSA) is 69.6 Å². The smallest absolute Gasteiger partial charge is 0.307 e. The molecule has 1 saturated heterocycles. The highest BCUT2D eigenvalue weighted by atomic mass is 16.4. The third-order valence-electron chi connectivity index (χ3n) is 3.54. The number of hydrogen-bond donors (Lipinski definition) is 2. The summed E-state index contributed by atoms with van der Waals surface area (Å²) < 4.78 is 0. The number of anilines is 1. The molecule has 2 N–H and O–H groups in total. The Morgan fingerprint density at radius 2 is 2.05 bits per heavy atom. The number of nitrogens with zero attached hydrogens (tertiary/aromatic N) is 1. The van der Waals surface area contributed by atoms with Crippen LogP contribution in [0.15, 0.2) is 30.3 Å². The second-order valence-electron chi connectivity index (χ2n) is 4.85. The van der Waals surface area contributed by atoms with Gasteiger partial charge in [0.15, 0.2) is 0 Å². The molecule has 0 spiro atoms. The molecular formula is C14H18N2O3. The van der Waals surface area contributed by atoms with Crippen molar-refractivity contribution in [1.82, 2.24) is 4.90 Å². The van der Waals surface area contributed by atoms with Gasteiger partial charge in [-0.2, -0.15) is 0 Å². The second-order valence-corrected chi connectivity index (χ2v) is 4.85. The predicted octanol–water partition coefficient (Wildman–Crippen LogP) is 1.42. The van der Waals surface area contributed by atoms with E-state index in [0.717, 1.165) is 5.69 Å². The number of nitrogens with one attached hydrogen (secondary N) is 1. The summed E-state index contributed by atoms with van der Waals surface area (Å²) in [6.45, 7) is 2.90. The van der Waals surface area contributed by atoms with Gasteiger partial charge >= 0.3 is 5.97 Å². The van der Waals surface area contributed by atoms with Gasteiger partial charge in [-0.1, -0.05) is 18.2 Å². The zero-order valence-electron chi connectivity index (χ0n) is 10.9. The second kappa shape index (κ2) is 5.84. The Morgan fingerprint density at radius 3 is 2.63 bits per heavy atom. The van der Waals surface area contributed by atoms with Crippen LogP contribution in [0.25, 0.3) is 0 Å². The number of aliphatic carboxylic acids is 1. The van der Waals surface area contributed by atoms with Gasteiger partial charge in [0.2, 0.25) is 5.91 Å². The van der Waals surface area contributed by atoms with Gasteiger partial charge in [0.1, 0.15) is 0 Å². The van der Waals surface area contributed by atoms with Gasteiger partial charge in [0.05, 0.1) is 12.0 Å². The predicted molar refractivity (Wildman–Crippen MR) is 71.8 cm³/mol. The molecule has 1 aliphatic heterocycles. The van der Waals surface area contributed by atoms with Crippen LogP contribution in [0.5, 0.6) is 0 Å². The van der Waals surface area contributed by atoms with E-state index in [0.29, 0.717) is 19.5 Å². The number of carbonyl (C=O) groups excluding carboxylic acids is 1. The van der Waals surface area contributed by atoms with E-state index in [4.69, 9.17) is 5.11 Å². The SMILES string of the molecule is CC(C(=O)Nc1ccccc1)N1CCC(C(=O)O)C1. The summed E-state index contributed by atoms with van der Waals surface area (Å²) in [5.41, 5.74) is 0.758. The van der Waals surface area contributed by atoms with E-state index in [1.807, 2.05) is 42.2 Å². The van der Waals surface area contributed by atoms with Crippen molar-refractivity contribution >= 4 is 17.6 Å². The van der Waals surface area contributed by atoms with E-state index >= 15 is 0 Å². The number of carboxylic acids is 1. The summed E-state index contributed by atoms with van der Waals surface area (Å²) in [6.07, 6.45) is 0.609. The molecule has 19 heavy (non-hydrogen) atoms. The Morgan fingerprint density at radius 1 is 1.37 bits per heavy atom. The molecule has 1 amide bonds. The lowest BCUT2D eigenvalue weighted by atomic mass is 10.1. The van der Waals surface area contributed by atoms with E-state index in [-0.39, 0.29) is 17.9 Å². The summed E-state index contributed by atoms with van der Waals surface area (Å²) in [5.74, 6) is -1.23. The average molecular weight is 262 g/mol.